The molecule has 0 N–H and O–H groups in total. The van der Waals surface area contributed by atoms with E-state index in [1.54, 1.807) is 16.7 Å². The highest BCUT2D eigenvalue weighted by atomic mass is 79.9. The van der Waals surface area contributed by atoms with Crippen LogP contribution in [0.25, 0.3) is 0 Å². The maximum absolute atomic E-state index is 12.1. The Morgan fingerprint density at radius 3 is 2.70 bits per heavy atom. The first kappa shape index (κ1) is 14.8. The van der Waals surface area contributed by atoms with Gasteiger partial charge in [-0.2, -0.15) is 0 Å². The Labute approximate surface area is 126 Å². The third-order valence-corrected chi connectivity index (χ3v) is 3.70. The summed E-state index contributed by atoms with van der Waals surface area (Å²) in [5, 5.41) is 0. The van der Waals surface area contributed by atoms with E-state index in [0.717, 1.165) is 10.2 Å². The highest BCUT2D eigenvalue weighted by Gasteiger charge is 2.34. The first-order valence-electron chi connectivity index (χ1n) is 6.49. The minimum absolute atomic E-state index is 0.0374. The molecule has 0 radical (unpaired) electrons. The van der Waals surface area contributed by atoms with E-state index in [0.29, 0.717) is 18.8 Å². The van der Waals surface area contributed by atoms with E-state index in [1.807, 2.05) is 25.1 Å². The van der Waals surface area contributed by atoms with Gasteiger partial charge in [-0.25, -0.2) is 4.79 Å². The number of fused-ring (bicyclic) bond motifs is 1. The summed E-state index contributed by atoms with van der Waals surface area (Å²) in [5.41, 5.74) is 1.42. The smallest absolute Gasteiger partial charge is 0.414 e. The molecule has 2 amide bonds. The minimum atomic E-state index is -0.387. The summed E-state index contributed by atoms with van der Waals surface area (Å²) in [5.74, 6) is -0.0374. The molecule has 0 saturated carbocycles. The highest BCUT2D eigenvalue weighted by molar-refractivity contribution is 9.10. The lowest BCUT2D eigenvalue weighted by Crippen LogP contribution is -2.51. The number of hydrogen-bond donors (Lipinski definition) is 0. The molecular formula is C14H17BrN2O3. The van der Waals surface area contributed by atoms with Crippen LogP contribution in [0.1, 0.15) is 20.8 Å². The summed E-state index contributed by atoms with van der Waals surface area (Å²) in [6.45, 7) is 5.96. The van der Waals surface area contributed by atoms with Crippen LogP contribution in [0, 0.1) is 0 Å². The predicted octanol–water partition coefficient (Wildman–Crippen LogP) is 3.17. The van der Waals surface area contributed by atoms with Crippen LogP contribution in [-0.2, 0) is 9.53 Å². The normalized spacial score (nSPS) is 17.7. The maximum Gasteiger partial charge on any atom is 0.414 e. The quantitative estimate of drug-likeness (QED) is 0.788. The van der Waals surface area contributed by atoms with Gasteiger partial charge in [-0.3, -0.25) is 9.69 Å². The van der Waals surface area contributed by atoms with Gasteiger partial charge in [0.05, 0.1) is 24.0 Å². The molecule has 1 unspecified atom stereocenters. The van der Waals surface area contributed by atoms with Gasteiger partial charge < -0.3 is 9.64 Å². The van der Waals surface area contributed by atoms with E-state index in [1.165, 1.54) is 6.92 Å². The highest BCUT2D eigenvalue weighted by Crippen LogP contribution is 2.37. The second kappa shape index (κ2) is 5.83. The van der Waals surface area contributed by atoms with Crippen molar-refractivity contribution in [2.45, 2.75) is 26.8 Å². The fraction of sp³-hybridized carbons (Fsp3) is 0.429. The van der Waals surface area contributed by atoms with Crippen molar-refractivity contribution in [2.24, 2.45) is 0 Å². The summed E-state index contributed by atoms with van der Waals surface area (Å²) in [6.07, 6.45) is -0.387. The van der Waals surface area contributed by atoms with E-state index < -0.39 is 0 Å². The first-order valence-corrected chi connectivity index (χ1v) is 7.28. The van der Waals surface area contributed by atoms with Gasteiger partial charge in [0.25, 0.3) is 0 Å². The molecule has 1 atom stereocenters. The van der Waals surface area contributed by atoms with Gasteiger partial charge in [-0.15, -0.1) is 0 Å². The summed E-state index contributed by atoms with van der Waals surface area (Å²) >= 11 is 3.40. The molecule has 1 aliphatic heterocycles. The van der Waals surface area contributed by atoms with Crippen molar-refractivity contribution in [1.29, 1.82) is 0 Å². The fourth-order valence-corrected chi connectivity index (χ4v) is 2.80. The second-order valence-corrected chi connectivity index (χ2v) is 5.60. The molecule has 1 aliphatic rings. The average Bonchev–Trinajstić information content (AvgIpc) is 2.37. The number of amides is 2. The zero-order chi connectivity index (χ0) is 14.9. The third-order valence-electron chi connectivity index (χ3n) is 3.20. The van der Waals surface area contributed by atoms with Crippen LogP contribution in [0.15, 0.2) is 22.7 Å². The van der Waals surface area contributed by atoms with Crippen LogP contribution in [0.3, 0.4) is 0 Å². The number of anilines is 2. The van der Waals surface area contributed by atoms with Crippen molar-refractivity contribution in [3.8, 4) is 0 Å². The lowest BCUT2D eigenvalue weighted by Gasteiger charge is -2.40. The molecule has 0 fully saturated rings. The molecule has 0 aromatic heterocycles. The predicted molar refractivity (Wildman–Crippen MR) is 81.1 cm³/mol. The number of carbonyl (C=O) groups excluding carboxylic acids is 2. The van der Waals surface area contributed by atoms with E-state index in [9.17, 15) is 9.59 Å². The fourth-order valence-electron chi connectivity index (χ4n) is 2.45. The lowest BCUT2D eigenvalue weighted by atomic mass is 10.1. The number of nitrogens with zero attached hydrogens (tertiary/aromatic N) is 2. The largest absolute Gasteiger partial charge is 0.449 e. The molecule has 1 aromatic rings. The molecule has 6 heteroatoms. The molecule has 0 spiro atoms. The molecule has 5 nitrogen and oxygen atoms in total. The Bertz CT molecular complexity index is 547. The van der Waals surface area contributed by atoms with Gasteiger partial charge in [0.2, 0.25) is 5.91 Å². The Hall–Kier alpha value is -1.56. The number of benzene rings is 1. The summed E-state index contributed by atoms with van der Waals surface area (Å²) in [4.78, 5) is 27.2. The van der Waals surface area contributed by atoms with Crippen molar-refractivity contribution in [3.05, 3.63) is 22.7 Å². The first-order chi connectivity index (χ1) is 9.45. The Morgan fingerprint density at radius 1 is 1.40 bits per heavy atom. The molecule has 1 heterocycles. The Balaban J connectivity index is 2.50. The maximum atomic E-state index is 12.1. The molecule has 20 heavy (non-hydrogen) atoms. The lowest BCUT2D eigenvalue weighted by molar-refractivity contribution is -0.117. The van der Waals surface area contributed by atoms with Gasteiger partial charge in [-0.05, 0) is 32.0 Å². The van der Waals surface area contributed by atoms with Gasteiger partial charge in [0, 0.05) is 17.9 Å². The third kappa shape index (κ3) is 2.65. The van der Waals surface area contributed by atoms with Crippen molar-refractivity contribution < 1.29 is 14.3 Å². The Kier molecular flexibility index (Phi) is 4.32. The number of hydrogen-bond acceptors (Lipinski definition) is 3. The monoisotopic (exact) mass is 340 g/mol. The van der Waals surface area contributed by atoms with Crippen LogP contribution in [0.5, 0.6) is 0 Å². The van der Waals surface area contributed by atoms with Crippen molar-refractivity contribution in [3.63, 3.8) is 0 Å². The van der Waals surface area contributed by atoms with Crippen molar-refractivity contribution in [2.75, 3.05) is 23.0 Å². The summed E-state index contributed by atoms with van der Waals surface area (Å²) < 4.78 is 5.94. The van der Waals surface area contributed by atoms with Crippen molar-refractivity contribution >= 4 is 39.3 Å². The number of rotatable bonds is 1. The molecule has 108 valence electrons. The van der Waals surface area contributed by atoms with Gasteiger partial charge in [0.1, 0.15) is 0 Å². The summed E-state index contributed by atoms with van der Waals surface area (Å²) in [6, 6.07) is 5.43. The molecule has 1 aromatic carbocycles. The summed E-state index contributed by atoms with van der Waals surface area (Å²) in [7, 11) is 0. The van der Waals surface area contributed by atoms with E-state index in [4.69, 9.17) is 4.74 Å². The number of carbonyl (C=O) groups is 2. The number of ether oxygens (including phenoxy) is 1. The second-order valence-electron chi connectivity index (χ2n) is 4.68. The van der Waals surface area contributed by atoms with Crippen LogP contribution < -0.4 is 9.80 Å². The SMILES string of the molecule is CCOC(=O)N1CC(C)N(C(C)=O)c2ccc(Br)cc21. The topological polar surface area (TPSA) is 49.9 Å². The molecule has 2 rings (SSSR count). The van der Waals surface area contributed by atoms with Gasteiger partial charge >= 0.3 is 6.09 Å². The van der Waals surface area contributed by atoms with Gasteiger partial charge in [0.15, 0.2) is 0 Å². The zero-order valence-corrected chi connectivity index (χ0v) is 13.3. The van der Waals surface area contributed by atoms with E-state index >= 15 is 0 Å². The standard InChI is InChI=1S/C14H17BrN2O3/c1-4-20-14(19)16-8-9(2)17(10(3)18)12-6-5-11(15)7-13(12)16/h5-7,9H,4,8H2,1-3H3. The van der Waals surface area contributed by atoms with Crippen molar-refractivity contribution in [1.82, 2.24) is 0 Å². The van der Waals surface area contributed by atoms with E-state index in [-0.39, 0.29) is 18.0 Å². The molecular weight excluding hydrogens is 324 g/mol. The van der Waals surface area contributed by atoms with E-state index in [2.05, 4.69) is 15.9 Å². The molecule has 0 aliphatic carbocycles. The van der Waals surface area contributed by atoms with Crippen LogP contribution in [0.4, 0.5) is 16.2 Å². The molecule has 0 bridgehead atoms. The number of halogens is 1. The minimum Gasteiger partial charge on any atom is -0.449 e. The zero-order valence-electron chi connectivity index (χ0n) is 11.7. The van der Waals surface area contributed by atoms with Gasteiger partial charge in [-0.1, -0.05) is 15.9 Å². The van der Waals surface area contributed by atoms with Crippen LogP contribution in [-0.4, -0.2) is 31.2 Å². The van der Waals surface area contributed by atoms with Crippen LogP contribution >= 0.6 is 15.9 Å². The Morgan fingerprint density at radius 2 is 2.10 bits per heavy atom. The molecule has 0 saturated heterocycles. The van der Waals surface area contributed by atoms with Crippen LogP contribution in [0.2, 0.25) is 0 Å². The average molecular weight is 341 g/mol.